The van der Waals surface area contributed by atoms with E-state index in [0.717, 1.165) is 30.7 Å². The van der Waals surface area contributed by atoms with Crippen molar-refractivity contribution in [2.45, 2.75) is 26.4 Å². The molecule has 0 fully saturated rings. The third kappa shape index (κ3) is 3.95. The SMILES string of the molecule is CCCc1ccc(COc2coc(C(=O)O)cc2=O)cc1. The fourth-order valence-corrected chi connectivity index (χ4v) is 1.87. The maximum absolute atomic E-state index is 11.7. The molecule has 1 aromatic heterocycles. The number of ether oxygens (including phenoxy) is 1. The van der Waals surface area contributed by atoms with Gasteiger partial charge in [-0.3, -0.25) is 4.79 Å². The quantitative estimate of drug-likeness (QED) is 0.884. The van der Waals surface area contributed by atoms with E-state index in [1.165, 1.54) is 5.56 Å². The third-order valence-corrected chi connectivity index (χ3v) is 2.96. The molecule has 2 rings (SSSR count). The number of hydrogen-bond donors (Lipinski definition) is 1. The summed E-state index contributed by atoms with van der Waals surface area (Å²) >= 11 is 0. The van der Waals surface area contributed by atoms with Crippen molar-refractivity contribution in [3.63, 3.8) is 0 Å². The fourth-order valence-electron chi connectivity index (χ4n) is 1.87. The molecule has 0 bridgehead atoms. The maximum Gasteiger partial charge on any atom is 0.371 e. The van der Waals surface area contributed by atoms with Gasteiger partial charge in [0.05, 0.1) is 0 Å². The second-order valence-corrected chi connectivity index (χ2v) is 4.63. The van der Waals surface area contributed by atoms with E-state index in [1.807, 2.05) is 24.3 Å². The molecule has 0 aliphatic rings. The molecule has 5 heteroatoms. The van der Waals surface area contributed by atoms with Crippen LogP contribution < -0.4 is 10.2 Å². The van der Waals surface area contributed by atoms with Gasteiger partial charge >= 0.3 is 5.97 Å². The highest BCUT2D eigenvalue weighted by atomic mass is 16.5. The fraction of sp³-hybridized carbons (Fsp3) is 0.250. The van der Waals surface area contributed by atoms with Crippen LogP contribution in [0.4, 0.5) is 0 Å². The summed E-state index contributed by atoms with van der Waals surface area (Å²) in [6.45, 7) is 2.35. The minimum atomic E-state index is -1.29. The van der Waals surface area contributed by atoms with Crippen molar-refractivity contribution in [2.75, 3.05) is 0 Å². The van der Waals surface area contributed by atoms with Gasteiger partial charge < -0.3 is 14.3 Å². The van der Waals surface area contributed by atoms with E-state index in [9.17, 15) is 9.59 Å². The largest absolute Gasteiger partial charge is 0.482 e. The van der Waals surface area contributed by atoms with Crippen LogP contribution in [0.5, 0.6) is 5.75 Å². The molecule has 0 amide bonds. The van der Waals surface area contributed by atoms with E-state index in [0.29, 0.717) is 0 Å². The van der Waals surface area contributed by atoms with Crippen LogP contribution in [0.1, 0.15) is 35.0 Å². The van der Waals surface area contributed by atoms with Gasteiger partial charge in [-0.25, -0.2) is 4.79 Å². The van der Waals surface area contributed by atoms with E-state index in [1.54, 1.807) is 0 Å². The molecule has 0 atom stereocenters. The topological polar surface area (TPSA) is 76.7 Å². The highest BCUT2D eigenvalue weighted by molar-refractivity contribution is 5.84. The molecule has 0 radical (unpaired) electrons. The Morgan fingerprint density at radius 3 is 2.48 bits per heavy atom. The molecule has 0 spiro atoms. The molecule has 0 saturated heterocycles. The Hall–Kier alpha value is -2.56. The second-order valence-electron chi connectivity index (χ2n) is 4.63. The first-order chi connectivity index (χ1) is 10.1. The van der Waals surface area contributed by atoms with Gasteiger partial charge in [0.2, 0.25) is 16.9 Å². The molecular formula is C16H16O5. The average Bonchev–Trinajstić information content (AvgIpc) is 2.47. The number of aromatic carboxylic acids is 1. The van der Waals surface area contributed by atoms with E-state index < -0.39 is 17.2 Å². The Balaban J connectivity index is 2.02. The molecule has 21 heavy (non-hydrogen) atoms. The monoisotopic (exact) mass is 288 g/mol. The lowest BCUT2D eigenvalue weighted by atomic mass is 10.1. The van der Waals surface area contributed by atoms with Gasteiger partial charge in [-0.15, -0.1) is 0 Å². The van der Waals surface area contributed by atoms with Gasteiger partial charge in [-0.1, -0.05) is 37.6 Å². The number of carboxylic acid groups (broad SMARTS) is 1. The molecule has 1 heterocycles. The Morgan fingerprint density at radius 1 is 1.24 bits per heavy atom. The molecule has 2 aromatic rings. The van der Waals surface area contributed by atoms with Crippen molar-refractivity contribution in [3.05, 3.63) is 63.7 Å². The zero-order valence-electron chi connectivity index (χ0n) is 11.7. The summed E-state index contributed by atoms with van der Waals surface area (Å²) in [5.74, 6) is -1.70. The standard InChI is InChI=1S/C16H16O5/c1-2-3-11-4-6-12(7-5-11)9-20-15-10-21-14(16(18)19)8-13(15)17/h4-8,10H,2-3,9H2,1H3,(H,18,19). The summed E-state index contributed by atoms with van der Waals surface area (Å²) in [6, 6.07) is 8.84. The normalized spacial score (nSPS) is 10.3. The van der Waals surface area contributed by atoms with Crippen molar-refractivity contribution < 1.29 is 19.1 Å². The van der Waals surface area contributed by atoms with Crippen LogP contribution in [0.15, 0.2) is 45.8 Å². The van der Waals surface area contributed by atoms with E-state index >= 15 is 0 Å². The van der Waals surface area contributed by atoms with Crippen LogP contribution in [0.3, 0.4) is 0 Å². The molecule has 0 unspecified atom stereocenters. The van der Waals surface area contributed by atoms with Gasteiger partial charge in [0.15, 0.2) is 0 Å². The van der Waals surface area contributed by atoms with Gasteiger partial charge in [0.1, 0.15) is 12.9 Å². The van der Waals surface area contributed by atoms with E-state index in [-0.39, 0.29) is 12.4 Å². The number of carbonyl (C=O) groups is 1. The molecular weight excluding hydrogens is 272 g/mol. The van der Waals surface area contributed by atoms with Crippen molar-refractivity contribution in [3.8, 4) is 5.75 Å². The first-order valence-corrected chi connectivity index (χ1v) is 6.67. The lowest BCUT2D eigenvalue weighted by molar-refractivity contribution is 0.0658. The maximum atomic E-state index is 11.7. The van der Waals surface area contributed by atoms with Crippen LogP contribution in [0, 0.1) is 0 Å². The average molecular weight is 288 g/mol. The summed E-state index contributed by atoms with van der Waals surface area (Å²) in [4.78, 5) is 22.3. The highest BCUT2D eigenvalue weighted by Crippen LogP contribution is 2.11. The molecule has 0 aliphatic carbocycles. The molecule has 1 N–H and O–H groups in total. The first-order valence-electron chi connectivity index (χ1n) is 6.67. The summed E-state index contributed by atoms with van der Waals surface area (Å²) in [5, 5.41) is 8.70. The number of rotatable bonds is 6. The number of benzene rings is 1. The van der Waals surface area contributed by atoms with Gasteiger partial charge in [0.25, 0.3) is 0 Å². The summed E-state index contributed by atoms with van der Waals surface area (Å²) in [7, 11) is 0. The molecule has 5 nitrogen and oxygen atoms in total. The van der Waals surface area contributed by atoms with Crippen LogP contribution in [0.25, 0.3) is 0 Å². The zero-order chi connectivity index (χ0) is 15.2. The summed E-state index contributed by atoms with van der Waals surface area (Å²) in [5.41, 5.74) is 1.67. The number of hydrogen-bond acceptors (Lipinski definition) is 4. The lowest BCUT2D eigenvalue weighted by Crippen LogP contribution is -2.10. The Kier molecular flexibility index (Phi) is 4.77. The van der Waals surface area contributed by atoms with Crippen molar-refractivity contribution in [1.82, 2.24) is 0 Å². The van der Waals surface area contributed by atoms with Crippen LogP contribution in [-0.4, -0.2) is 11.1 Å². The minimum absolute atomic E-state index is 0.00219. The lowest BCUT2D eigenvalue weighted by Gasteiger charge is -2.06. The summed E-state index contributed by atoms with van der Waals surface area (Å²) in [6.07, 6.45) is 3.14. The zero-order valence-corrected chi connectivity index (χ0v) is 11.7. The smallest absolute Gasteiger partial charge is 0.371 e. The second kappa shape index (κ2) is 6.74. The summed E-state index contributed by atoms with van der Waals surface area (Å²) < 4.78 is 10.2. The Bertz CT molecular complexity index is 670. The number of aryl methyl sites for hydroxylation is 1. The van der Waals surface area contributed by atoms with E-state index in [2.05, 4.69) is 6.92 Å². The van der Waals surface area contributed by atoms with Crippen LogP contribution in [-0.2, 0) is 13.0 Å². The van der Waals surface area contributed by atoms with Crippen molar-refractivity contribution >= 4 is 5.97 Å². The van der Waals surface area contributed by atoms with Gasteiger partial charge in [-0.2, -0.15) is 0 Å². The highest BCUT2D eigenvalue weighted by Gasteiger charge is 2.10. The molecule has 1 aromatic carbocycles. The third-order valence-electron chi connectivity index (χ3n) is 2.96. The predicted molar refractivity (Wildman–Crippen MR) is 76.7 cm³/mol. The molecule has 110 valence electrons. The predicted octanol–water partition coefficient (Wildman–Crippen LogP) is 2.87. The molecule has 0 saturated carbocycles. The van der Waals surface area contributed by atoms with Gasteiger partial charge in [0, 0.05) is 6.07 Å². The van der Waals surface area contributed by atoms with E-state index in [4.69, 9.17) is 14.3 Å². The molecule has 0 aliphatic heterocycles. The van der Waals surface area contributed by atoms with Crippen LogP contribution >= 0.6 is 0 Å². The van der Waals surface area contributed by atoms with Crippen molar-refractivity contribution in [2.24, 2.45) is 0 Å². The minimum Gasteiger partial charge on any atom is -0.482 e. The van der Waals surface area contributed by atoms with Crippen molar-refractivity contribution in [1.29, 1.82) is 0 Å². The Morgan fingerprint density at radius 2 is 1.90 bits per heavy atom. The van der Waals surface area contributed by atoms with Gasteiger partial charge in [-0.05, 0) is 17.5 Å². The number of carboxylic acids is 1. The Labute approximate surface area is 121 Å². The van der Waals surface area contributed by atoms with Crippen LogP contribution in [0.2, 0.25) is 0 Å². The first kappa shape index (κ1) is 14.8.